The van der Waals surface area contributed by atoms with Crippen LogP contribution in [-0.4, -0.2) is 38.5 Å². The summed E-state index contributed by atoms with van der Waals surface area (Å²) in [5.41, 5.74) is 0. The van der Waals surface area contributed by atoms with Gasteiger partial charge in [0.05, 0.1) is 0 Å². The first-order chi connectivity index (χ1) is 9.37. The zero-order chi connectivity index (χ0) is 14.9. The van der Waals surface area contributed by atoms with Gasteiger partial charge < -0.3 is 9.47 Å². The molecule has 5 nitrogen and oxygen atoms in total. The molecule has 112 valence electrons. The van der Waals surface area contributed by atoms with E-state index < -0.39 is 10.0 Å². The Hall–Kier alpha value is -0.790. The predicted octanol–water partition coefficient (Wildman–Crippen LogP) is 2.64. The third-order valence-electron chi connectivity index (χ3n) is 3.07. The van der Waals surface area contributed by atoms with Gasteiger partial charge in [0.2, 0.25) is 10.0 Å². The Morgan fingerprint density at radius 1 is 1.25 bits per heavy atom. The van der Waals surface area contributed by atoms with Gasteiger partial charge >= 0.3 is 0 Å². The molecule has 0 radical (unpaired) electrons. The van der Waals surface area contributed by atoms with Crippen LogP contribution in [0.15, 0.2) is 21.5 Å². The largest absolute Gasteiger partial charge is 0.486 e. The van der Waals surface area contributed by atoms with Crippen molar-refractivity contribution < 1.29 is 17.9 Å². The molecule has 0 aromatic heterocycles. The minimum atomic E-state index is -3.56. The maximum Gasteiger partial charge on any atom is 0.244 e. The van der Waals surface area contributed by atoms with Gasteiger partial charge in [-0.1, -0.05) is 6.92 Å². The number of fused-ring (bicyclic) bond motifs is 1. The van der Waals surface area contributed by atoms with Crippen LogP contribution in [-0.2, 0) is 10.0 Å². The van der Waals surface area contributed by atoms with Crippen molar-refractivity contribution in [1.82, 2.24) is 4.31 Å². The Morgan fingerprint density at radius 3 is 2.30 bits per heavy atom. The quantitative estimate of drug-likeness (QED) is 0.824. The van der Waals surface area contributed by atoms with Crippen LogP contribution in [0, 0.1) is 0 Å². The molecule has 1 aliphatic heterocycles. The van der Waals surface area contributed by atoms with Crippen LogP contribution in [0.3, 0.4) is 0 Å². The molecule has 0 amide bonds. The van der Waals surface area contributed by atoms with Crippen LogP contribution in [0.2, 0.25) is 0 Å². The van der Waals surface area contributed by atoms with Crippen LogP contribution in [0.4, 0.5) is 0 Å². The first-order valence-corrected chi connectivity index (χ1v) is 8.72. The molecule has 1 aliphatic rings. The summed E-state index contributed by atoms with van der Waals surface area (Å²) >= 11 is 3.32. The number of sulfonamides is 1. The van der Waals surface area contributed by atoms with Gasteiger partial charge in [-0.15, -0.1) is 0 Å². The molecule has 0 saturated heterocycles. The molecule has 1 aromatic rings. The topological polar surface area (TPSA) is 55.8 Å². The maximum atomic E-state index is 12.7. The lowest BCUT2D eigenvalue weighted by atomic mass is 10.3. The number of halogens is 1. The van der Waals surface area contributed by atoms with Crippen molar-refractivity contribution in [3.8, 4) is 11.5 Å². The molecule has 0 atom stereocenters. The van der Waals surface area contributed by atoms with Gasteiger partial charge in [-0.2, -0.15) is 4.31 Å². The lowest BCUT2D eigenvalue weighted by Gasteiger charge is -2.26. The van der Waals surface area contributed by atoms with Crippen molar-refractivity contribution in [2.75, 3.05) is 19.8 Å². The van der Waals surface area contributed by atoms with Gasteiger partial charge in [-0.05, 0) is 35.8 Å². The predicted molar refractivity (Wildman–Crippen MR) is 79.8 cm³/mol. The summed E-state index contributed by atoms with van der Waals surface area (Å²) in [5, 5.41) is 0. The van der Waals surface area contributed by atoms with Crippen molar-refractivity contribution in [3.05, 3.63) is 16.6 Å². The van der Waals surface area contributed by atoms with Gasteiger partial charge in [0.1, 0.15) is 18.1 Å². The molecule has 20 heavy (non-hydrogen) atoms. The van der Waals surface area contributed by atoms with Gasteiger partial charge in [0.25, 0.3) is 0 Å². The average molecular weight is 364 g/mol. The van der Waals surface area contributed by atoms with Crippen LogP contribution in [0.1, 0.15) is 20.8 Å². The molecule has 0 saturated carbocycles. The van der Waals surface area contributed by atoms with Gasteiger partial charge in [-0.3, -0.25) is 0 Å². The Morgan fingerprint density at radius 2 is 1.80 bits per heavy atom. The number of hydrogen-bond donors (Lipinski definition) is 0. The number of hydrogen-bond acceptors (Lipinski definition) is 4. The van der Waals surface area contributed by atoms with Crippen molar-refractivity contribution in [3.63, 3.8) is 0 Å². The van der Waals surface area contributed by atoms with E-state index in [1.54, 1.807) is 6.07 Å². The second-order valence-corrected chi connectivity index (χ2v) is 7.44. The van der Waals surface area contributed by atoms with Crippen LogP contribution >= 0.6 is 15.9 Å². The summed E-state index contributed by atoms with van der Waals surface area (Å²) < 4.78 is 38.3. The van der Waals surface area contributed by atoms with Crippen LogP contribution in [0.25, 0.3) is 0 Å². The van der Waals surface area contributed by atoms with E-state index in [1.165, 1.54) is 10.4 Å². The van der Waals surface area contributed by atoms with Crippen molar-refractivity contribution >= 4 is 26.0 Å². The van der Waals surface area contributed by atoms with E-state index in [4.69, 9.17) is 9.47 Å². The first kappa shape index (κ1) is 15.6. The molecule has 0 fully saturated rings. The number of nitrogens with zero attached hydrogens (tertiary/aromatic N) is 1. The molecule has 7 heteroatoms. The fraction of sp³-hybridized carbons (Fsp3) is 0.538. The smallest absolute Gasteiger partial charge is 0.244 e. The molecule has 0 aliphatic carbocycles. The van der Waals surface area contributed by atoms with E-state index in [-0.39, 0.29) is 10.9 Å². The number of ether oxygens (including phenoxy) is 2. The molecular weight excluding hydrogens is 346 g/mol. The zero-order valence-electron chi connectivity index (χ0n) is 11.7. The molecule has 2 rings (SSSR count). The second-order valence-electron chi connectivity index (χ2n) is 4.73. The highest BCUT2D eigenvalue weighted by Gasteiger charge is 2.29. The van der Waals surface area contributed by atoms with Gasteiger partial charge in [0, 0.05) is 23.1 Å². The summed E-state index contributed by atoms with van der Waals surface area (Å²) in [6, 6.07) is 3.07. The highest BCUT2D eigenvalue weighted by molar-refractivity contribution is 9.10. The van der Waals surface area contributed by atoms with Gasteiger partial charge in [-0.25, -0.2) is 8.42 Å². The number of benzene rings is 1. The van der Waals surface area contributed by atoms with E-state index in [9.17, 15) is 8.42 Å². The number of rotatable bonds is 4. The van der Waals surface area contributed by atoms with Crippen molar-refractivity contribution in [2.45, 2.75) is 31.7 Å². The summed E-state index contributed by atoms with van der Waals surface area (Å²) in [5.74, 6) is 1.03. The first-order valence-electron chi connectivity index (χ1n) is 6.49. The second kappa shape index (κ2) is 5.91. The standard InChI is InChI=1S/C13H18BrNO4S/c1-4-15(9(2)3)20(16,17)13-8-12-11(7-10(13)14)18-5-6-19-12/h7-9H,4-6H2,1-3H3. The van der Waals surface area contributed by atoms with Crippen molar-refractivity contribution in [2.24, 2.45) is 0 Å². The molecule has 0 unspecified atom stereocenters. The SMILES string of the molecule is CCN(C(C)C)S(=O)(=O)c1cc2c(cc1Br)OCCO2. The molecule has 1 heterocycles. The fourth-order valence-electron chi connectivity index (χ4n) is 2.18. The normalized spacial score (nSPS) is 14.9. The summed E-state index contributed by atoms with van der Waals surface area (Å²) in [4.78, 5) is 0.206. The zero-order valence-corrected chi connectivity index (χ0v) is 14.1. The maximum absolute atomic E-state index is 12.7. The Labute approximate surface area is 128 Å². The molecular formula is C13H18BrNO4S. The van der Waals surface area contributed by atoms with Crippen LogP contribution < -0.4 is 9.47 Å². The van der Waals surface area contributed by atoms with E-state index in [0.717, 1.165) is 0 Å². The summed E-state index contributed by atoms with van der Waals surface area (Å²) in [7, 11) is -3.56. The molecule has 0 spiro atoms. The van der Waals surface area contributed by atoms with Crippen molar-refractivity contribution in [1.29, 1.82) is 0 Å². The Kier molecular flexibility index (Phi) is 4.61. The Bertz CT molecular complexity index is 601. The average Bonchev–Trinajstić information content (AvgIpc) is 2.37. The van der Waals surface area contributed by atoms with E-state index >= 15 is 0 Å². The lowest BCUT2D eigenvalue weighted by molar-refractivity contribution is 0.171. The van der Waals surface area contributed by atoms with E-state index in [2.05, 4.69) is 15.9 Å². The third kappa shape index (κ3) is 2.80. The van der Waals surface area contributed by atoms with E-state index in [1.807, 2.05) is 20.8 Å². The fourth-order valence-corrected chi connectivity index (χ4v) is 4.83. The highest BCUT2D eigenvalue weighted by atomic mass is 79.9. The minimum absolute atomic E-state index is 0.106. The summed E-state index contributed by atoms with van der Waals surface area (Å²) in [6.07, 6.45) is 0. The molecule has 0 N–H and O–H groups in total. The molecule has 1 aromatic carbocycles. The lowest BCUT2D eigenvalue weighted by Crippen LogP contribution is -2.36. The van der Waals surface area contributed by atoms with Crippen LogP contribution in [0.5, 0.6) is 11.5 Å². The monoisotopic (exact) mass is 363 g/mol. The highest BCUT2D eigenvalue weighted by Crippen LogP contribution is 2.38. The van der Waals surface area contributed by atoms with Gasteiger partial charge in [0.15, 0.2) is 11.5 Å². The summed E-state index contributed by atoms with van der Waals surface area (Å²) in [6.45, 7) is 6.85. The molecule has 0 bridgehead atoms. The van der Waals surface area contributed by atoms with E-state index in [0.29, 0.717) is 35.7 Å². The Balaban J connectivity index is 2.51. The third-order valence-corrected chi connectivity index (χ3v) is 6.18. The minimum Gasteiger partial charge on any atom is -0.486 e.